The van der Waals surface area contributed by atoms with Gasteiger partial charge in [0.15, 0.2) is 0 Å². The minimum absolute atomic E-state index is 0.727. The topological polar surface area (TPSA) is 0 Å². The van der Waals surface area contributed by atoms with Gasteiger partial charge in [-0.15, -0.1) is 0 Å². The standard InChI is InChI=1S/C14H18S/c1-5-8-12-11(2)15(3,4)14-10-7-6-9-13(12)14/h5-10H,1-4H3/b8-5-. The number of rotatable bonds is 1. The van der Waals surface area contributed by atoms with Crippen molar-refractivity contribution >= 4 is 15.6 Å². The van der Waals surface area contributed by atoms with Gasteiger partial charge in [-0.2, -0.15) is 10.0 Å². The first-order valence-electron chi connectivity index (χ1n) is 5.25. The van der Waals surface area contributed by atoms with Crippen LogP contribution in [0.15, 0.2) is 46.2 Å². The number of allylic oxidation sites excluding steroid dienone is 4. The van der Waals surface area contributed by atoms with E-state index in [1.807, 2.05) is 0 Å². The highest BCUT2D eigenvalue weighted by molar-refractivity contribution is 8.36. The molecule has 1 aromatic rings. The molecule has 80 valence electrons. The third kappa shape index (κ3) is 1.46. The number of hydrogen-bond donors (Lipinski definition) is 0. The first-order valence-corrected chi connectivity index (χ1v) is 7.70. The number of hydrogen-bond acceptors (Lipinski definition) is 0. The predicted molar refractivity (Wildman–Crippen MR) is 71.6 cm³/mol. The Morgan fingerprint density at radius 2 is 1.80 bits per heavy atom. The van der Waals surface area contributed by atoms with Crippen LogP contribution in [0, 0.1) is 0 Å². The highest BCUT2D eigenvalue weighted by Crippen LogP contribution is 2.64. The highest BCUT2D eigenvalue weighted by atomic mass is 32.3. The molecule has 2 rings (SSSR count). The molecule has 0 spiro atoms. The summed E-state index contributed by atoms with van der Waals surface area (Å²) in [5.74, 6) is 0. The second kappa shape index (κ2) is 3.57. The second-order valence-corrected chi connectivity index (χ2v) is 8.00. The van der Waals surface area contributed by atoms with E-state index in [0.29, 0.717) is 0 Å². The Labute approximate surface area is 94.0 Å². The van der Waals surface area contributed by atoms with Crippen molar-refractivity contribution in [1.29, 1.82) is 0 Å². The van der Waals surface area contributed by atoms with Crippen LogP contribution in [0.1, 0.15) is 19.4 Å². The summed E-state index contributed by atoms with van der Waals surface area (Å²) >= 11 is 0. The van der Waals surface area contributed by atoms with Gasteiger partial charge in [-0.25, -0.2) is 0 Å². The van der Waals surface area contributed by atoms with E-state index in [9.17, 15) is 0 Å². The summed E-state index contributed by atoms with van der Waals surface area (Å²) in [5.41, 5.74) is 2.88. The van der Waals surface area contributed by atoms with Gasteiger partial charge in [-0.1, -0.05) is 30.4 Å². The molecule has 0 amide bonds. The van der Waals surface area contributed by atoms with Crippen LogP contribution in [0.4, 0.5) is 0 Å². The van der Waals surface area contributed by atoms with E-state index in [4.69, 9.17) is 0 Å². The van der Waals surface area contributed by atoms with Crippen molar-refractivity contribution in [2.24, 2.45) is 0 Å². The first-order chi connectivity index (χ1) is 7.09. The van der Waals surface area contributed by atoms with Crippen LogP contribution in [0.5, 0.6) is 0 Å². The summed E-state index contributed by atoms with van der Waals surface area (Å²) in [6, 6.07) is 8.82. The molecule has 1 heterocycles. The van der Waals surface area contributed by atoms with Crippen molar-refractivity contribution in [3.8, 4) is 0 Å². The van der Waals surface area contributed by atoms with E-state index >= 15 is 0 Å². The third-order valence-electron chi connectivity index (χ3n) is 3.21. The maximum atomic E-state index is 2.39. The summed E-state index contributed by atoms with van der Waals surface area (Å²) in [4.78, 5) is 3.09. The van der Waals surface area contributed by atoms with Crippen molar-refractivity contribution in [1.82, 2.24) is 0 Å². The van der Waals surface area contributed by atoms with Crippen LogP contribution in [-0.4, -0.2) is 12.5 Å². The summed E-state index contributed by atoms with van der Waals surface area (Å²) in [6.45, 7) is 4.37. The number of fused-ring (bicyclic) bond motifs is 1. The molecule has 0 aromatic heterocycles. The average Bonchev–Trinajstić information content (AvgIpc) is 2.42. The van der Waals surface area contributed by atoms with Crippen LogP contribution in [-0.2, 0) is 0 Å². The monoisotopic (exact) mass is 218 g/mol. The maximum Gasteiger partial charge on any atom is 0.00124 e. The minimum atomic E-state index is -0.727. The van der Waals surface area contributed by atoms with Crippen molar-refractivity contribution in [3.05, 3.63) is 46.9 Å². The Morgan fingerprint density at radius 1 is 1.13 bits per heavy atom. The fourth-order valence-electron chi connectivity index (χ4n) is 2.14. The minimum Gasteiger partial charge on any atom is -0.196 e. The summed E-state index contributed by atoms with van der Waals surface area (Å²) in [5, 5.41) is 0. The lowest BCUT2D eigenvalue weighted by Gasteiger charge is -2.28. The molecule has 0 atom stereocenters. The van der Waals surface area contributed by atoms with Gasteiger partial charge in [0.25, 0.3) is 0 Å². The van der Waals surface area contributed by atoms with E-state index < -0.39 is 10.0 Å². The van der Waals surface area contributed by atoms with Crippen molar-refractivity contribution in [2.45, 2.75) is 18.7 Å². The van der Waals surface area contributed by atoms with Gasteiger partial charge in [0.05, 0.1) is 0 Å². The quantitative estimate of drug-likeness (QED) is 0.654. The SMILES string of the molecule is C/C=C\C1=C(C)S(C)(C)c2ccccc21. The van der Waals surface area contributed by atoms with Gasteiger partial charge in [0.1, 0.15) is 0 Å². The molecular weight excluding hydrogens is 200 g/mol. The normalized spacial score (nSPS) is 20.8. The lowest BCUT2D eigenvalue weighted by Crippen LogP contribution is -1.92. The van der Waals surface area contributed by atoms with Crippen LogP contribution in [0.25, 0.3) is 5.57 Å². The lowest BCUT2D eigenvalue weighted by atomic mass is 10.1. The molecule has 0 bridgehead atoms. The van der Waals surface area contributed by atoms with Crippen LogP contribution >= 0.6 is 10.0 Å². The zero-order valence-corrected chi connectivity index (χ0v) is 10.7. The molecule has 0 radical (unpaired) electrons. The van der Waals surface area contributed by atoms with Gasteiger partial charge < -0.3 is 0 Å². The molecule has 0 aliphatic carbocycles. The summed E-state index contributed by atoms with van der Waals surface area (Å²) in [7, 11) is -0.727. The Morgan fingerprint density at radius 3 is 2.47 bits per heavy atom. The van der Waals surface area contributed by atoms with E-state index in [0.717, 1.165) is 0 Å². The van der Waals surface area contributed by atoms with E-state index in [2.05, 4.69) is 62.8 Å². The Balaban J connectivity index is 2.70. The zero-order chi connectivity index (χ0) is 11.1. The Bertz CT molecular complexity index is 450. The van der Waals surface area contributed by atoms with Gasteiger partial charge in [-0.05, 0) is 48.5 Å². The predicted octanol–water partition coefficient (Wildman–Crippen LogP) is 4.43. The molecule has 0 saturated heterocycles. The van der Waals surface area contributed by atoms with Crippen LogP contribution < -0.4 is 0 Å². The smallest absolute Gasteiger partial charge is 0.00124 e. The Hall–Kier alpha value is -0.950. The average molecular weight is 218 g/mol. The lowest BCUT2D eigenvalue weighted by molar-refractivity contribution is 1.41. The van der Waals surface area contributed by atoms with Gasteiger partial charge in [-0.3, -0.25) is 0 Å². The van der Waals surface area contributed by atoms with Gasteiger partial charge in [0.2, 0.25) is 0 Å². The molecule has 1 aliphatic heterocycles. The molecule has 0 N–H and O–H groups in total. The molecule has 0 saturated carbocycles. The van der Waals surface area contributed by atoms with E-state index in [1.165, 1.54) is 16.0 Å². The van der Waals surface area contributed by atoms with Crippen LogP contribution in [0.2, 0.25) is 0 Å². The zero-order valence-electron chi connectivity index (χ0n) is 9.87. The molecule has 15 heavy (non-hydrogen) atoms. The number of benzene rings is 1. The summed E-state index contributed by atoms with van der Waals surface area (Å²) < 4.78 is 0. The van der Waals surface area contributed by atoms with Gasteiger partial charge in [0, 0.05) is 4.90 Å². The molecule has 1 aromatic carbocycles. The van der Waals surface area contributed by atoms with E-state index in [1.54, 1.807) is 4.91 Å². The van der Waals surface area contributed by atoms with Crippen molar-refractivity contribution < 1.29 is 0 Å². The molecule has 0 unspecified atom stereocenters. The molecular formula is C14H18S. The fourth-order valence-corrected chi connectivity index (χ4v) is 4.34. The second-order valence-electron chi connectivity index (χ2n) is 4.29. The summed E-state index contributed by atoms with van der Waals surface area (Å²) in [6.07, 6.45) is 9.15. The van der Waals surface area contributed by atoms with Crippen molar-refractivity contribution in [2.75, 3.05) is 12.5 Å². The van der Waals surface area contributed by atoms with Gasteiger partial charge >= 0.3 is 0 Å². The molecule has 1 aliphatic rings. The Kier molecular flexibility index (Phi) is 2.51. The van der Waals surface area contributed by atoms with Crippen molar-refractivity contribution in [3.63, 3.8) is 0 Å². The molecule has 1 heteroatoms. The first kappa shape index (κ1) is 10.6. The molecule has 0 nitrogen and oxygen atoms in total. The maximum absolute atomic E-state index is 2.39. The van der Waals surface area contributed by atoms with E-state index in [-0.39, 0.29) is 0 Å². The third-order valence-corrected chi connectivity index (χ3v) is 6.41. The molecule has 0 fully saturated rings. The fraction of sp³-hybridized carbons (Fsp3) is 0.286. The van der Waals surface area contributed by atoms with Crippen LogP contribution in [0.3, 0.4) is 0 Å². The highest BCUT2D eigenvalue weighted by Gasteiger charge is 2.29. The largest absolute Gasteiger partial charge is 0.196 e.